The first-order chi connectivity index (χ1) is 13.1. The van der Waals surface area contributed by atoms with Crippen LogP contribution in [0.4, 0.5) is 4.79 Å². The fourth-order valence-electron chi connectivity index (χ4n) is 3.87. The molecular formula is C19H29N5O3. The molecule has 1 aromatic heterocycles. The molecule has 0 spiro atoms. The van der Waals surface area contributed by atoms with Gasteiger partial charge in [0.15, 0.2) is 5.82 Å². The van der Waals surface area contributed by atoms with Gasteiger partial charge in [-0.15, -0.1) is 0 Å². The summed E-state index contributed by atoms with van der Waals surface area (Å²) < 4.78 is 5.38. The summed E-state index contributed by atoms with van der Waals surface area (Å²) >= 11 is 0. The summed E-state index contributed by atoms with van der Waals surface area (Å²) in [5, 5.41) is 7.17. The quantitative estimate of drug-likeness (QED) is 0.820. The van der Waals surface area contributed by atoms with Crippen molar-refractivity contribution in [3.8, 4) is 0 Å². The number of nitrogens with one attached hydrogen (secondary N) is 1. The van der Waals surface area contributed by atoms with E-state index >= 15 is 0 Å². The predicted molar refractivity (Wildman–Crippen MR) is 98.1 cm³/mol. The van der Waals surface area contributed by atoms with Crippen LogP contribution in [0, 0.1) is 5.92 Å². The van der Waals surface area contributed by atoms with Crippen LogP contribution >= 0.6 is 0 Å². The molecule has 2 aliphatic carbocycles. The van der Waals surface area contributed by atoms with Crippen molar-refractivity contribution in [3.63, 3.8) is 0 Å². The van der Waals surface area contributed by atoms with Crippen molar-refractivity contribution in [1.29, 1.82) is 0 Å². The molecule has 1 aliphatic heterocycles. The van der Waals surface area contributed by atoms with E-state index in [1.165, 1.54) is 19.3 Å². The lowest BCUT2D eigenvalue weighted by Gasteiger charge is -2.38. The van der Waals surface area contributed by atoms with Crippen molar-refractivity contribution >= 4 is 11.9 Å². The minimum absolute atomic E-state index is 0.0260. The number of carbonyl (C=O) groups excluding carboxylic acids is 2. The number of hydrogen-bond acceptors (Lipinski definition) is 5. The summed E-state index contributed by atoms with van der Waals surface area (Å²) in [5.41, 5.74) is 0. The lowest BCUT2D eigenvalue weighted by atomic mass is 9.95. The number of likely N-dealkylation sites (tertiary alicyclic amines) is 1. The summed E-state index contributed by atoms with van der Waals surface area (Å²) in [6, 6.07) is 0.355. The van der Waals surface area contributed by atoms with Crippen molar-refractivity contribution in [2.45, 2.75) is 63.3 Å². The van der Waals surface area contributed by atoms with E-state index in [2.05, 4.69) is 15.5 Å². The molecule has 3 aliphatic rings. The van der Waals surface area contributed by atoms with Gasteiger partial charge in [0.1, 0.15) is 0 Å². The zero-order chi connectivity index (χ0) is 18.8. The van der Waals surface area contributed by atoms with Gasteiger partial charge in [-0.2, -0.15) is 4.98 Å². The highest BCUT2D eigenvalue weighted by molar-refractivity contribution is 5.80. The molecule has 8 heteroatoms. The second-order valence-electron chi connectivity index (χ2n) is 8.22. The molecule has 148 valence electrons. The molecule has 0 radical (unpaired) electrons. The van der Waals surface area contributed by atoms with Crippen molar-refractivity contribution in [3.05, 3.63) is 11.7 Å². The lowest BCUT2D eigenvalue weighted by Crippen LogP contribution is -2.54. The normalized spacial score (nSPS) is 21.0. The zero-order valence-corrected chi connectivity index (χ0v) is 16.0. The van der Waals surface area contributed by atoms with Crippen molar-refractivity contribution in [2.75, 3.05) is 26.7 Å². The number of urea groups is 1. The summed E-state index contributed by atoms with van der Waals surface area (Å²) in [6.45, 7) is 1.86. The van der Waals surface area contributed by atoms with Crippen LogP contribution in [0.1, 0.15) is 62.6 Å². The first-order valence-corrected chi connectivity index (χ1v) is 10.2. The Morgan fingerprint density at radius 1 is 1.19 bits per heavy atom. The monoisotopic (exact) mass is 375 g/mol. The molecule has 0 bridgehead atoms. The van der Waals surface area contributed by atoms with Gasteiger partial charge in [-0.25, -0.2) is 4.79 Å². The average Bonchev–Trinajstić information content (AvgIpc) is 3.38. The second kappa shape index (κ2) is 7.86. The van der Waals surface area contributed by atoms with Gasteiger partial charge in [0, 0.05) is 45.1 Å². The van der Waals surface area contributed by atoms with E-state index in [9.17, 15) is 9.59 Å². The smallest absolute Gasteiger partial charge is 0.317 e. The molecule has 3 fully saturated rings. The van der Waals surface area contributed by atoms with Crippen molar-refractivity contribution < 1.29 is 14.1 Å². The highest BCUT2D eigenvalue weighted by Gasteiger charge is 2.36. The van der Waals surface area contributed by atoms with E-state index in [0.717, 1.165) is 25.7 Å². The molecular weight excluding hydrogens is 346 g/mol. The van der Waals surface area contributed by atoms with E-state index in [1.54, 1.807) is 4.90 Å². The molecule has 1 N–H and O–H groups in total. The third-order valence-electron chi connectivity index (χ3n) is 5.91. The van der Waals surface area contributed by atoms with Crippen LogP contribution in [0.5, 0.6) is 0 Å². The Kier molecular flexibility index (Phi) is 5.31. The van der Waals surface area contributed by atoms with Gasteiger partial charge in [0.05, 0.1) is 5.92 Å². The molecule has 1 saturated heterocycles. The Labute approximate surface area is 159 Å². The third kappa shape index (κ3) is 4.42. The molecule has 1 aromatic rings. The molecule has 8 nitrogen and oxygen atoms in total. The Morgan fingerprint density at radius 3 is 2.63 bits per heavy atom. The minimum atomic E-state index is 0.0260. The van der Waals surface area contributed by atoms with E-state index in [1.807, 2.05) is 11.9 Å². The SMILES string of the molecule is CN(CCc1noc(C2CN(C(=O)NC3CCCCC3)C2)n1)C(=O)C1CC1. The van der Waals surface area contributed by atoms with Gasteiger partial charge in [0.25, 0.3) is 0 Å². The first-order valence-electron chi connectivity index (χ1n) is 10.2. The number of hydrogen-bond donors (Lipinski definition) is 1. The molecule has 3 amide bonds. The summed E-state index contributed by atoms with van der Waals surface area (Å²) in [5.74, 6) is 1.80. The summed E-state index contributed by atoms with van der Waals surface area (Å²) in [6.07, 6.45) is 8.50. The molecule has 0 atom stereocenters. The van der Waals surface area contributed by atoms with E-state index in [-0.39, 0.29) is 23.8 Å². The van der Waals surface area contributed by atoms with Crippen LogP contribution in [0.25, 0.3) is 0 Å². The highest BCUT2D eigenvalue weighted by atomic mass is 16.5. The highest BCUT2D eigenvalue weighted by Crippen LogP contribution is 2.30. The summed E-state index contributed by atoms with van der Waals surface area (Å²) in [4.78, 5) is 32.3. The maximum absolute atomic E-state index is 12.3. The van der Waals surface area contributed by atoms with Crippen molar-refractivity contribution in [2.24, 2.45) is 5.92 Å². The van der Waals surface area contributed by atoms with Crippen LogP contribution in [0.15, 0.2) is 4.52 Å². The molecule has 2 saturated carbocycles. The third-order valence-corrected chi connectivity index (χ3v) is 5.91. The number of likely N-dealkylation sites (N-methyl/N-ethyl adjacent to an activating group) is 1. The van der Waals surface area contributed by atoms with Crippen molar-refractivity contribution in [1.82, 2.24) is 25.3 Å². The molecule has 27 heavy (non-hydrogen) atoms. The van der Waals surface area contributed by atoms with Crippen LogP contribution in [-0.2, 0) is 11.2 Å². The van der Waals surface area contributed by atoms with E-state index in [4.69, 9.17) is 4.52 Å². The lowest BCUT2D eigenvalue weighted by molar-refractivity contribution is -0.131. The first kappa shape index (κ1) is 18.3. The average molecular weight is 375 g/mol. The Balaban J connectivity index is 1.19. The second-order valence-corrected chi connectivity index (χ2v) is 8.22. The number of carbonyl (C=O) groups is 2. The Bertz CT molecular complexity index is 675. The van der Waals surface area contributed by atoms with Gasteiger partial charge >= 0.3 is 6.03 Å². The Morgan fingerprint density at radius 2 is 1.93 bits per heavy atom. The van der Waals surface area contributed by atoms with E-state index < -0.39 is 0 Å². The minimum Gasteiger partial charge on any atom is -0.345 e. The van der Waals surface area contributed by atoms with Gasteiger partial charge < -0.3 is 19.6 Å². The van der Waals surface area contributed by atoms with Gasteiger partial charge in [0.2, 0.25) is 11.8 Å². The number of aromatic nitrogens is 2. The van der Waals surface area contributed by atoms with Crippen LogP contribution in [0.2, 0.25) is 0 Å². The van der Waals surface area contributed by atoms with Crippen LogP contribution in [0.3, 0.4) is 0 Å². The molecule has 0 unspecified atom stereocenters. The largest absolute Gasteiger partial charge is 0.345 e. The maximum atomic E-state index is 12.3. The van der Waals surface area contributed by atoms with Gasteiger partial charge in [-0.05, 0) is 25.7 Å². The number of rotatable bonds is 6. The molecule has 4 rings (SSSR count). The summed E-state index contributed by atoms with van der Waals surface area (Å²) in [7, 11) is 1.83. The standard InChI is InChI=1S/C19H29N5O3/c1-23(18(25)13-7-8-13)10-9-16-21-17(27-22-16)14-11-24(12-14)19(26)20-15-5-3-2-4-6-15/h13-15H,2-12H2,1H3,(H,20,26). The number of amides is 3. The van der Waals surface area contributed by atoms with Gasteiger partial charge in [-0.3, -0.25) is 4.79 Å². The van der Waals surface area contributed by atoms with E-state index in [0.29, 0.717) is 43.8 Å². The topological polar surface area (TPSA) is 91.6 Å². The van der Waals surface area contributed by atoms with Crippen LogP contribution < -0.4 is 5.32 Å². The zero-order valence-electron chi connectivity index (χ0n) is 16.0. The Hall–Kier alpha value is -2.12. The molecule has 2 heterocycles. The van der Waals surface area contributed by atoms with Crippen LogP contribution in [-0.4, -0.2) is 64.6 Å². The predicted octanol–water partition coefficient (Wildman–Crippen LogP) is 1.92. The fourth-order valence-corrected chi connectivity index (χ4v) is 3.87. The maximum Gasteiger partial charge on any atom is 0.317 e. The fraction of sp³-hybridized carbons (Fsp3) is 0.789. The van der Waals surface area contributed by atoms with Gasteiger partial charge in [-0.1, -0.05) is 24.4 Å². The number of nitrogens with zero attached hydrogens (tertiary/aromatic N) is 4. The molecule has 0 aromatic carbocycles.